The number of ether oxygens (including phenoxy) is 9. The first-order valence-electron chi connectivity index (χ1n) is 32.3. The van der Waals surface area contributed by atoms with Crippen molar-refractivity contribution in [2.75, 3.05) is 93.1 Å². The van der Waals surface area contributed by atoms with Gasteiger partial charge in [-0.1, -0.05) is 78.6 Å². The summed E-state index contributed by atoms with van der Waals surface area (Å²) in [7, 11) is -3.49. The Hall–Kier alpha value is -2.46. The van der Waals surface area contributed by atoms with Crippen LogP contribution in [-0.4, -0.2) is 247 Å². The lowest BCUT2D eigenvalue weighted by Crippen LogP contribution is -2.55. The molecule has 16 unspecified atom stereocenters. The Labute approximate surface area is 530 Å². The SMILES string of the molecule is COP(=O)(O)OCNC(=O)CC(=O)CC(COCCC(=O)CCCCCCCOC1OC(CO)C(O)C(O)C1C)(COCCC(=O)CCCCCCCOC1OC(CO)C(O)C(O)C1C)COCCC(=O)CCCCCCCOC1OC(CO)C(O)C(O)C1C. The van der Waals surface area contributed by atoms with E-state index < -0.39 is 149 Å². The lowest BCUT2D eigenvalue weighted by Gasteiger charge is -2.40. The quantitative estimate of drug-likeness (QED) is 0.0180. The van der Waals surface area contributed by atoms with E-state index in [2.05, 4.69) is 14.4 Å². The monoisotopic (exact) mass is 1320 g/mol. The number of aliphatic hydroxyl groups is 9. The predicted molar refractivity (Wildman–Crippen MR) is 321 cm³/mol. The largest absolute Gasteiger partial charge is 0.473 e. The lowest BCUT2D eigenvalue weighted by atomic mass is 9.84. The van der Waals surface area contributed by atoms with Gasteiger partial charge in [0.25, 0.3) is 0 Å². The van der Waals surface area contributed by atoms with Crippen molar-refractivity contribution in [1.82, 2.24) is 5.32 Å². The lowest BCUT2D eigenvalue weighted by molar-refractivity contribution is -0.282. The van der Waals surface area contributed by atoms with Gasteiger partial charge in [0.2, 0.25) is 5.91 Å². The molecule has 3 fully saturated rings. The molecule has 0 aromatic rings. The number of amides is 1. The number of Topliss-reactive ketones (excluding diaryl/α,β-unsaturated/α-hetero) is 4. The average molecular weight is 1320 g/mol. The summed E-state index contributed by atoms with van der Waals surface area (Å²) in [5.41, 5.74) is -1.27. The Kier molecular flexibility index (Phi) is 41.6. The summed E-state index contributed by atoms with van der Waals surface area (Å²) >= 11 is 0. The minimum absolute atomic E-state index is 0.0190. The van der Waals surface area contributed by atoms with Crippen LogP contribution in [0.5, 0.6) is 0 Å². The molecule has 526 valence electrons. The normalized spacial score (nSPS) is 28.5. The molecule has 0 aromatic heterocycles. The predicted octanol–water partition coefficient (Wildman–Crippen LogP) is 2.38. The molecule has 0 spiro atoms. The molecule has 0 aromatic carbocycles. The van der Waals surface area contributed by atoms with Crippen LogP contribution in [0.4, 0.5) is 0 Å². The zero-order chi connectivity index (χ0) is 66.5. The third-order valence-corrected chi connectivity index (χ3v) is 17.6. The number of phosphoric acid groups is 1. The van der Waals surface area contributed by atoms with Crippen LogP contribution in [0.3, 0.4) is 0 Å². The van der Waals surface area contributed by atoms with Crippen molar-refractivity contribution >= 4 is 36.9 Å². The second-order valence-electron chi connectivity index (χ2n) is 24.3. The average Bonchev–Trinajstić information content (AvgIpc) is 2.69. The molecule has 3 heterocycles. The van der Waals surface area contributed by atoms with Crippen molar-refractivity contribution < 1.29 is 131 Å². The Morgan fingerprint density at radius 3 is 1.07 bits per heavy atom. The Morgan fingerprint density at radius 2 is 0.756 bits per heavy atom. The fraction of sp³-hybridized carbons (Fsp3) is 0.918. The van der Waals surface area contributed by atoms with E-state index in [0.717, 1.165) is 64.9 Å². The number of nitrogens with one attached hydrogen (secondary N) is 1. The van der Waals surface area contributed by atoms with Crippen molar-refractivity contribution in [2.45, 2.75) is 242 Å². The summed E-state index contributed by atoms with van der Waals surface area (Å²) in [6.07, 6.45) is -0.684. The molecule has 3 aliphatic rings. The molecule has 3 rings (SSSR count). The van der Waals surface area contributed by atoms with Gasteiger partial charge in [-0.25, -0.2) is 4.57 Å². The highest BCUT2D eigenvalue weighted by Gasteiger charge is 2.45. The number of hydrogen-bond donors (Lipinski definition) is 11. The molecule has 28 nitrogen and oxygen atoms in total. The molecular weight excluding hydrogens is 1210 g/mol. The molecule has 0 saturated carbocycles. The summed E-state index contributed by atoms with van der Waals surface area (Å²) in [4.78, 5) is 75.2. The van der Waals surface area contributed by atoms with Crippen LogP contribution >= 0.6 is 7.82 Å². The first kappa shape index (κ1) is 81.8. The molecule has 3 saturated heterocycles. The third kappa shape index (κ3) is 31.4. The molecule has 1 amide bonds. The number of aliphatic hydroxyl groups excluding tert-OH is 9. The van der Waals surface area contributed by atoms with Gasteiger partial charge in [0.1, 0.15) is 66.5 Å². The van der Waals surface area contributed by atoms with Crippen molar-refractivity contribution in [3.8, 4) is 0 Å². The number of carbonyl (C=O) groups is 5. The fourth-order valence-electron chi connectivity index (χ4n) is 10.7. The topological polar surface area (TPSA) is 418 Å². The first-order valence-corrected chi connectivity index (χ1v) is 33.8. The van der Waals surface area contributed by atoms with Crippen molar-refractivity contribution in [3.05, 3.63) is 0 Å². The van der Waals surface area contributed by atoms with E-state index >= 15 is 0 Å². The summed E-state index contributed by atoms with van der Waals surface area (Å²) in [5, 5.41) is 91.8. The van der Waals surface area contributed by atoms with Crippen molar-refractivity contribution in [3.63, 3.8) is 0 Å². The second kappa shape index (κ2) is 45.8. The molecule has 0 bridgehead atoms. The third-order valence-electron chi connectivity index (χ3n) is 16.7. The second-order valence-corrected chi connectivity index (χ2v) is 25.9. The van der Waals surface area contributed by atoms with E-state index in [9.17, 15) is 79.4 Å². The molecular formula is C61H110NO27P. The van der Waals surface area contributed by atoms with E-state index in [0.29, 0.717) is 77.6 Å². The summed E-state index contributed by atoms with van der Waals surface area (Å²) in [6.45, 7) is 3.47. The summed E-state index contributed by atoms with van der Waals surface area (Å²) in [6, 6.07) is 0. The van der Waals surface area contributed by atoms with E-state index in [1.165, 1.54) is 0 Å². The fourth-order valence-corrected chi connectivity index (χ4v) is 11.1. The Bertz CT molecular complexity index is 1870. The van der Waals surface area contributed by atoms with Crippen LogP contribution < -0.4 is 5.32 Å². The van der Waals surface area contributed by atoms with Gasteiger partial charge < -0.3 is 98.8 Å². The maximum absolute atomic E-state index is 13.7. The molecule has 0 aliphatic carbocycles. The minimum atomic E-state index is -4.44. The highest BCUT2D eigenvalue weighted by atomic mass is 31.2. The molecule has 29 heteroatoms. The van der Waals surface area contributed by atoms with Gasteiger partial charge in [0.05, 0.1) is 84.2 Å². The maximum Gasteiger partial charge on any atom is 0.473 e. The van der Waals surface area contributed by atoms with Crippen molar-refractivity contribution in [1.29, 1.82) is 0 Å². The van der Waals surface area contributed by atoms with E-state index in [1.807, 2.05) is 0 Å². The molecule has 0 radical (unpaired) electrons. The van der Waals surface area contributed by atoms with Crippen LogP contribution in [0.2, 0.25) is 0 Å². The highest BCUT2D eigenvalue weighted by molar-refractivity contribution is 7.47. The molecule has 11 N–H and O–H groups in total. The van der Waals surface area contributed by atoms with E-state index in [4.69, 9.17) is 42.6 Å². The van der Waals surface area contributed by atoms with Gasteiger partial charge in [-0.2, -0.15) is 0 Å². The van der Waals surface area contributed by atoms with Gasteiger partial charge in [-0.15, -0.1) is 0 Å². The first-order chi connectivity index (χ1) is 43.0. The Balaban J connectivity index is 1.53. The zero-order valence-electron chi connectivity index (χ0n) is 53.5. The maximum atomic E-state index is 13.7. The number of ketones is 4. The smallest absolute Gasteiger partial charge is 0.394 e. The van der Waals surface area contributed by atoms with Crippen LogP contribution in [-0.2, 0) is 80.2 Å². The molecule has 3 aliphatic heterocycles. The number of hydrogen-bond acceptors (Lipinski definition) is 26. The minimum Gasteiger partial charge on any atom is -0.394 e. The van der Waals surface area contributed by atoms with Gasteiger partial charge in [0.15, 0.2) is 18.9 Å². The van der Waals surface area contributed by atoms with Crippen molar-refractivity contribution in [2.24, 2.45) is 23.2 Å². The van der Waals surface area contributed by atoms with Gasteiger partial charge in [-0.05, 0) is 38.5 Å². The van der Waals surface area contributed by atoms with Gasteiger partial charge >= 0.3 is 7.82 Å². The number of unbranched alkanes of at least 4 members (excludes halogenated alkanes) is 12. The molecule has 90 heavy (non-hydrogen) atoms. The van der Waals surface area contributed by atoms with Crippen LogP contribution in [0, 0.1) is 23.2 Å². The number of phosphoric ester groups is 1. The van der Waals surface area contributed by atoms with Crippen LogP contribution in [0.1, 0.15) is 168 Å². The summed E-state index contributed by atoms with van der Waals surface area (Å²) < 4.78 is 73.3. The number of rotatable bonds is 53. The zero-order valence-corrected chi connectivity index (χ0v) is 54.4. The van der Waals surface area contributed by atoms with E-state index in [-0.39, 0.29) is 82.7 Å². The number of carbonyl (C=O) groups excluding carboxylic acids is 5. The van der Waals surface area contributed by atoms with Gasteiger partial charge in [-0.3, -0.25) is 33.0 Å². The summed E-state index contributed by atoms with van der Waals surface area (Å²) in [5.74, 6) is -3.01. The standard InChI is InChI=1S/C61H110NO27P/c1-41-52(71)55(74)48(34-63)87-58(41)83-26-17-11-5-8-14-20-44(66)23-29-80-37-61(33-47(69)32-51(70)62-40-86-90(77,78)79-4,38-81-30-24-45(67)21-15-9-6-12-18-27-84-59-42(2)53(72)56(75)49(35-64)88-59)39-82-31-25-46(68)22-16-10-7-13-19-28-85-60-43(3)54(73)57(76)50(36-65)89-60/h41-43,48-50,52-60,63-65,71-76H,5-40H2,1-4H3,(H,62,70)(H,77,78). The molecule has 16 atom stereocenters. The highest BCUT2D eigenvalue weighted by Crippen LogP contribution is 2.41. The van der Waals surface area contributed by atoms with Crippen LogP contribution in [0.15, 0.2) is 0 Å². The van der Waals surface area contributed by atoms with Crippen LogP contribution in [0.25, 0.3) is 0 Å². The Morgan fingerprint density at radius 1 is 0.444 bits per heavy atom. The van der Waals surface area contributed by atoms with E-state index in [1.54, 1.807) is 20.8 Å². The van der Waals surface area contributed by atoms with Gasteiger partial charge in [0, 0.05) is 95.0 Å².